The maximum atomic E-state index is 5.44. The molecule has 1 N–H and O–H groups in total. The highest BCUT2D eigenvalue weighted by atomic mass is 16.5. The number of pyridine rings is 2. The van der Waals surface area contributed by atoms with Crippen LogP contribution in [0.1, 0.15) is 0 Å². The minimum Gasteiger partial charge on any atom is -0.496 e. The van der Waals surface area contributed by atoms with Crippen molar-refractivity contribution in [1.29, 1.82) is 0 Å². The number of rotatable bonds is 2. The first-order valence-electron chi connectivity index (χ1n) is 6.30. The van der Waals surface area contributed by atoms with Gasteiger partial charge in [0.2, 0.25) is 0 Å². The van der Waals surface area contributed by atoms with Crippen molar-refractivity contribution in [3.05, 3.63) is 49.1 Å². The van der Waals surface area contributed by atoms with E-state index in [4.69, 9.17) is 4.74 Å². The fourth-order valence-corrected chi connectivity index (χ4v) is 2.51. The SMILES string of the molecule is COc1ccnc2[nH]cc(-c3ccn4nccc4c3)c12. The van der Waals surface area contributed by atoms with Crippen LogP contribution >= 0.6 is 0 Å². The van der Waals surface area contributed by atoms with Gasteiger partial charge in [-0.3, -0.25) is 0 Å². The zero-order valence-electron chi connectivity index (χ0n) is 10.9. The van der Waals surface area contributed by atoms with Crippen LogP contribution in [0.4, 0.5) is 0 Å². The summed E-state index contributed by atoms with van der Waals surface area (Å²) >= 11 is 0. The highest BCUT2D eigenvalue weighted by Crippen LogP contribution is 2.34. The molecule has 5 heteroatoms. The maximum Gasteiger partial charge on any atom is 0.141 e. The van der Waals surface area contributed by atoms with E-state index >= 15 is 0 Å². The predicted molar refractivity (Wildman–Crippen MR) is 76.8 cm³/mol. The largest absolute Gasteiger partial charge is 0.496 e. The number of ether oxygens (including phenoxy) is 1. The fourth-order valence-electron chi connectivity index (χ4n) is 2.51. The van der Waals surface area contributed by atoms with E-state index < -0.39 is 0 Å². The lowest BCUT2D eigenvalue weighted by Gasteiger charge is -2.05. The van der Waals surface area contributed by atoms with Crippen molar-refractivity contribution < 1.29 is 4.74 Å². The van der Waals surface area contributed by atoms with Crippen LogP contribution in [0, 0.1) is 0 Å². The van der Waals surface area contributed by atoms with E-state index in [1.807, 2.05) is 35.1 Å². The zero-order valence-corrected chi connectivity index (χ0v) is 10.9. The Balaban J connectivity index is 2.01. The molecular formula is C15H12N4O. The van der Waals surface area contributed by atoms with Crippen LogP contribution in [-0.2, 0) is 0 Å². The van der Waals surface area contributed by atoms with Crippen molar-refractivity contribution in [2.75, 3.05) is 7.11 Å². The predicted octanol–water partition coefficient (Wildman–Crippen LogP) is 2.89. The van der Waals surface area contributed by atoms with Gasteiger partial charge in [-0.15, -0.1) is 0 Å². The molecule has 0 radical (unpaired) electrons. The molecule has 0 spiro atoms. The third kappa shape index (κ3) is 1.50. The van der Waals surface area contributed by atoms with Crippen LogP contribution in [0.25, 0.3) is 27.7 Å². The van der Waals surface area contributed by atoms with Crippen molar-refractivity contribution >= 4 is 16.6 Å². The number of nitrogens with one attached hydrogen (secondary N) is 1. The molecule has 5 nitrogen and oxygen atoms in total. The Labute approximate surface area is 114 Å². The summed E-state index contributed by atoms with van der Waals surface area (Å²) in [4.78, 5) is 7.52. The summed E-state index contributed by atoms with van der Waals surface area (Å²) in [5.74, 6) is 0.819. The van der Waals surface area contributed by atoms with E-state index in [1.165, 1.54) is 0 Å². The Bertz CT molecular complexity index is 906. The number of H-pyrrole nitrogens is 1. The molecule has 0 saturated carbocycles. The smallest absolute Gasteiger partial charge is 0.141 e. The summed E-state index contributed by atoms with van der Waals surface area (Å²) in [5.41, 5.74) is 4.07. The summed E-state index contributed by atoms with van der Waals surface area (Å²) in [5, 5.41) is 5.21. The van der Waals surface area contributed by atoms with Gasteiger partial charge in [0.1, 0.15) is 11.4 Å². The summed E-state index contributed by atoms with van der Waals surface area (Å²) in [7, 11) is 1.67. The Morgan fingerprint density at radius 2 is 2.15 bits per heavy atom. The summed E-state index contributed by atoms with van der Waals surface area (Å²) in [6.45, 7) is 0. The van der Waals surface area contributed by atoms with E-state index in [0.29, 0.717) is 0 Å². The van der Waals surface area contributed by atoms with Gasteiger partial charge in [-0.25, -0.2) is 9.50 Å². The fraction of sp³-hybridized carbons (Fsp3) is 0.0667. The standard InChI is InChI=1S/C15H12N4O/c1-20-13-3-5-16-15-14(13)12(9-17-15)10-4-7-19-11(8-10)2-6-18-19/h2-9H,1H3,(H,16,17). The first kappa shape index (κ1) is 11.0. The molecule has 0 fully saturated rings. The molecule has 0 atom stereocenters. The van der Waals surface area contributed by atoms with Gasteiger partial charge in [-0.2, -0.15) is 5.10 Å². The quantitative estimate of drug-likeness (QED) is 0.605. The molecule has 4 aromatic rings. The van der Waals surface area contributed by atoms with Crippen molar-refractivity contribution in [2.24, 2.45) is 0 Å². The third-order valence-corrected chi connectivity index (χ3v) is 3.47. The van der Waals surface area contributed by atoms with Crippen LogP contribution < -0.4 is 4.74 Å². The number of methoxy groups -OCH3 is 1. The molecule has 20 heavy (non-hydrogen) atoms. The van der Waals surface area contributed by atoms with Crippen molar-refractivity contribution in [2.45, 2.75) is 0 Å². The Kier molecular flexibility index (Phi) is 2.26. The van der Waals surface area contributed by atoms with E-state index in [2.05, 4.69) is 21.1 Å². The van der Waals surface area contributed by atoms with Crippen LogP contribution in [0.15, 0.2) is 49.1 Å². The molecule has 4 heterocycles. The summed E-state index contributed by atoms with van der Waals surface area (Å²) in [6.07, 6.45) is 7.44. The van der Waals surface area contributed by atoms with Gasteiger partial charge in [-0.1, -0.05) is 0 Å². The van der Waals surface area contributed by atoms with Gasteiger partial charge < -0.3 is 9.72 Å². The Hall–Kier alpha value is -2.82. The zero-order chi connectivity index (χ0) is 13.5. The molecule has 98 valence electrons. The minimum atomic E-state index is 0.819. The highest BCUT2D eigenvalue weighted by molar-refractivity contribution is 5.98. The van der Waals surface area contributed by atoms with Gasteiger partial charge in [0.25, 0.3) is 0 Å². The van der Waals surface area contributed by atoms with E-state index in [-0.39, 0.29) is 0 Å². The summed E-state index contributed by atoms with van der Waals surface area (Å²) in [6, 6.07) is 7.99. The van der Waals surface area contributed by atoms with Gasteiger partial charge in [0, 0.05) is 30.4 Å². The Morgan fingerprint density at radius 3 is 3.05 bits per heavy atom. The Morgan fingerprint density at radius 1 is 1.20 bits per heavy atom. The second-order valence-electron chi connectivity index (χ2n) is 4.56. The lowest BCUT2D eigenvalue weighted by atomic mass is 10.1. The van der Waals surface area contributed by atoms with E-state index in [0.717, 1.165) is 33.4 Å². The van der Waals surface area contributed by atoms with Gasteiger partial charge in [0.15, 0.2) is 0 Å². The first-order valence-corrected chi connectivity index (χ1v) is 6.30. The topological polar surface area (TPSA) is 55.2 Å². The van der Waals surface area contributed by atoms with Crippen LogP contribution in [0.5, 0.6) is 5.75 Å². The van der Waals surface area contributed by atoms with E-state index in [9.17, 15) is 0 Å². The number of aromatic nitrogens is 4. The normalized spacial score (nSPS) is 11.2. The molecule has 0 unspecified atom stereocenters. The molecule has 0 bridgehead atoms. The lowest BCUT2D eigenvalue weighted by Crippen LogP contribution is -1.88. The number of fused-ring (bicyclic) bond motifs is 2. The van der Waals surface area contributed by atoms with Crippen molar-refractivity contribution in [1.82, 2.24) is 19.6 Å². The first-order chi connectivity index (χ1) is 9.86. The molecule has 4 rings (SSSR count). The average molecular weight is 264 g/mol. The molecule has 0 amide bonds. The van der Waals surface area contributed by atoms with Gasteiger partial charge in [0.05, 0.1) is 18.0 Å². The molecule has 0 aliphatic carbocycles. The molecular weight excluding hydrogens is 252 g/mol. The number of aromatic amines is 1. The molecule has 0 aliphatic heterocycles. The monoisotopic (exact) mass is 264 g/mol. The molecule has 0 aromatic carbocycles. The summed E-state index contributed by atoms with van der Waals surface area (Å²) < 4.78 is 7.28. The second-order valence-corrected chi connectivity index (χ2v) is 4.56. The molecule has 0 saturated heterocycles. The van der Waals surface area contributed by atoms with Gasteiger partial charge >= 0.3 is 0 Å². The van der Waals surface area contributed by atoms with Gasteiger partial charge in [-0.05, 0) is 29.8 Å². The highest BCUT2D eigenvalue weighted by Gasteiger charge is 2.12. The lowest BCUT2D eigenvalue weighted by molar-refractivity contribution is 0.419. The van der Waals surface area contributed by atoms with Crippen molar-refractivity contribution in [3.8, 4) is 16.9 Å². The van der Waals surface area contributed by atoms with E-state index in [1.54, 1.807) is 19.5 Å². The minimum absolute atomic E-state index is 0.819. The van der Waals surface area contributed by atoms with Crippen molar-refractivity contribution in [3.63, 3.8) is 0 Å². The van der Waals surface area contributed by atoms with Crippen LogP contribution in [0.3, 0.4) is 0 Å². The number of nitrogens with zero attached hydrogens (tertiary/aromatic N) is 3. The molecule has 4 aromatic heterocycles. The molecule has 0 aliphatic rings. The number of hydrogen-bond donors (Lipinski definition) is 1. The third-order valence-electron chi connectivity index (χ3n) is 3.47. The maximum absolute atomic E-state index is 5.44. The second kappa shape index (κ2) is 4.09. The van der Waals surface area contributed by atoms with Crippen LogP contribution in [-0.4, -0.2) is 26.7 Å². The van der Waals surface area contributed by atoms with Crippen LogP contribution in [0.2, 0.25) is 0 Å². The number of hydrogen-bond acceptors (Lipinski definition) is 3. The average Bonchev–Trinajstić information content (AvgIpc) is 3.12.